The van der Waals surface area contributed by atoms with E-state index in [2.05, 4.69) is 31.5 Å². The minimum atomic E-state index is -0.125. The van der Waals surface area contributed by atoms with Gasteiger partial charge in [0.25, 0.3) is 0 Å². The number of nitrogens with zero attached hydrogens (tertiary/aromatic N) is 4. The molecule has 0 saturated heterocycles. The molecule has 0 unspecified atom stereocenters. The van der Waals surface area contributed by atoms with Crippen LogP contribution < -0.4 is 4.98 Å². The first-order valence-corrected chi connectivity index (χ1v) is 9.65. The maximum Gasteiger partial charge on any atom is 0.187 e. The molecule has 1 N–H and O–H groups in total. The Hall–Kier alpha value is -3.72. The van der Waals surface area contributed by atoms with E-state index in [0.29, 0.717) is 5.69 Å². The van der Waals surface area contributed by atoms with Gasteiger partial charge in [-0.25, -0.2) is 4.85 Å². The van der Waals surface area contributed by atoms with Crippen molar-refractivity contribution in [1.29, 1.82) is 0 Å². The van der Waals surface area contributed by atoms with Gasteiger partial charge in [-0.15, -0.1) is 0 Å². The normalized spacial score (nSPS) is 11.0. The van der Waals surface area contributed by atoms with Crippen molar-refractivity contribution in [2.45, 2.75) is 13.8 Å². The summed E-state index contributed by atoms with van der Waals surface area (Å²) >= 11 is 0. The number of pyridine rings is 1. The van der Waals surface area contributed by atoms with Crippen LogP contribution in [-0.2, 0) is 24.9 Å². The molecule has 0 bridgehead atoms. The van der Waals surface area contributed by atoms with Gasteiger partial charge >= 0.3 is 0 Å². The molecule has 6 nitrogen and oxygen atoms in total. The maximum absolute atomic E-state index is 10.0. The summed E-state index contributed by atoms with van der Waals surface area (Å²) in [6.45, 7) is 10.1. The molecule has 0 amide bonds. The average Bonchev–Trinajstić information content (AvgIpc) is 3.31. The SMILES string of the molecule is CC(=O)/C=C(/C)O.[C-]#[N+]c1ccc2c(c1)c1cccnc1n2-c1[n-]cc2ccccc12.[Ir]. The van der Waals surface area contributed by atoms with E-state index in [-0.39, 0.29) is 31.6 Å². The largest absolute Gasteiger partial charge is 0.512 e. The Kier molecular flexibility index (Phi) is 6.89. The summed E-state index contributed by atoms with van der Waals surface area (Å²) in [5.74, 6) is 0.812. The predicted octanol–water partition coefficient (Wildman–Crippen LogP) is 5.87. The molecule has 3 aromatic heterocycles. The van der Waals surface area contributed by atoms with Crippen LogP contribution >= 0.6 is 0 Å². The quantitative estimate of drug-likeness (QED) is 0.156. The second-order valence-corrected chi connectivity index (χ2v) is 7.09. The number of hydrogen-bond acceptors (Lipinski definition) is 3. The topological polar surface area (TPSA) is 73.6 Å². The first kappa shape index (κ1) is 23.0. The zero-order valence-corrected chi connectivity index (χ0v) is 19.8. The van der Waals surface area contributed by atoms with Crippen LogP contribution in [0.15, 0.2) is 78.8 Å². The molecule has 5 rings (SSSR count). The number of aliphatic hydroxyl groups excluding tert-OH is 1. The molecule has 161 valence electrons. The van der Waals surface area contributed by atoms with Gasteiger partial charge in [-0.2, -0.15) is 0 Å². The van der Waals surface area contributed by atoms with Crippen LogP contribution in [-0.4, -0.2) is 20.4 Å². The van der Waals surface area contributed by atoms with Gasteiger partial charge in [0.05, 0.1) is 18.0 Å². The van der Waals surface area contributed by atoms with Crippen LogP contribution in [0.5, 0.6) is 0 Å². The molecule has 1 radical (unpaired) electrons. The van der Waals surface area contributed by atoms with E-state index in [9.17, 15) is 4.79 Å². The number of carbonyl (C=O) groups is 1. The number of hydrogen-bond donors (Lipinski definition) is 1. The first-order valence-electron chi connectivity index (χ1n) is 9.65. The van der Waals surface area contributed by atoms with Crippen molar-refractivity contribution in [1.82, 2.24) is 14.5 Å². The number of aliphatic hydroxyl groups is 1. The molecule has 0 aliphatic heterocycles. The molecular formula is C25H19IrN4O2-. The third kappa shape index (κ3) is 4.33. The predicted molar refractivity (Wildman–Crippen MR) is 123 cm³/mol. The Balaban J connectivity index is 0.000000318. The molecule has 2 aromatic carbocycles. The summed E-state index contributed by atoms with van der Waals surface area (Å²) in [4.78, 5) is 22.8. The zero-order valence-electron chi connectivity index (χ0n) is 17.4. The van der Waals surface area contributed by atoms with Gasteiger partial charge < -0.3 is 14.7 Å². The Bertz CT molecular complexity index is 1500. The Morgan fingerprint density at radius 3 is 2.53 bits per heavy atom. The van der Waals surface area contributed by atoms with E-state index in [1.165, 1.54) is 19.9 Å². The van der Waals surface area contributed by atoms with Crippen LogP contribution in [0.25, 0.3) is 43.4 Å². The molecule has 0 aliphatic rings. The number of rotatable bonds is 2. The standard InChI is InChI=1S/C20H11N4.C5H8O2.Ir/c1-21-14-8-9-18-17(11-14)16-7-4-10-22-20(16)24(18)19-15-6-3-2-5-13(15)12-23-19;1-4(6)3-5(2)7;/h2-12H;3,6H,1-2H3;/q-1;;/b;4-3-;. The van der Waals surface area contributed by atoms with Gasteiger partial charge in [0, 0.05) is 37.8 Å². The minimum absolute atomic E-state index is 0. The van der Waals surface area contributed by atoms with Crippen LogP contribution in [0.4, 0.5) is 5.69 Å². The van der Waals surface area contributed by atoms with Gasteiger partial charge in [-0.3, -0.25) is 9.78 Å². The van der Waals surface area contributed by atoms with Crippen LogP contribution in [0.1, 0.15) is 13.8 Å². The van der Waals surface area contributed by atoms with E-state index in [1.807, 2.05) is 48.7 Å². The van der Waals surface area contributed by atoms with Gasteiger partial charge in [0.15, 0.2) is 11.5 Å². The summed E-state index contributed by atoms with van der Waals surface area (Å²) in [5.41, 5.74) is 2.50. The first-order chi connectivity index (χ1) is 15.0. The smallest absolute Gasteiger partial charge is 0.187 e. The number of benzene rings is 2. The number of allylic oxidation sites excluding steroid dienone is 2. The molecule has 0 saturated carbocycles. The van der Waals surface area contributed by atoms with Crippen molar-refractivity contribution in [3.8, 4) is 5.82 Å². The molecule has 0 aliphatic carbocycles. The van der Waals surface area contributed by atoms with Crippen molar-refractivity contribution in [3.63, 3.8) is 0 Å². The Morgan fingerprint density at radius 1 is 1.09 bits per heavy atom. The molecular weight excluding hydrogens is 581 g/mol. The summed E-state index contributed by atoms with van der Waals surface area (Å²) in [6.07, 6.45) is 4.84. The summed E-state index contributed by atoms with van der Waals surface area (Å²) in [5, 5.41) is 12.6. The van der Waals surface area contributed by atoms with E-state index in [0.717, 1.165) is 38.5 Å². The van der Waals surface area contributed by atoms with Crippen molar-refractivity contribution < 1.29 is 30.0 Å². The second kappa shape index (κ2) is 9.61. The minimum Gasteiger partial charge on any atom is -0.512 e. The maximum atomic E-state index is 10.0. The second-order valence-electron chi connectivity index (χ2n) is 7.09. The molecule has 3 heterocycles. The van der Waals surface area contributed by atoms with Crippen molar-refractivity contribution >= 4 is 44.2 Å². The summed E-state index contributed by atoms with van der Waals surface area (Å²) < 4.78 is 2.08. The van der Waals surface area contributed by atoms with Gasteiger partial charge in [0.2, 0.25) is 0 Å². The molecule has 0 fully saturated rings. The summed E-state index contributed by atoms with van der Waals surface area (Å²) in [6, 6.07) is 17.9. The molecule has 7 heteroatoms. The number of aromatic nitrogens is 3. The van der Waals surface area contributed by atoms with Crippen LogP contribution in [0.3, 0.4) is 0 Å². The third-order valence-electron chi connectivity index (χ3n) is 4.79. The fourth-order valence-electron chi connectivity index (χ4n) is 3.60. The molecule has 32 heavy (non-hydrogen) atoms. The van der Waals surface area contributed by atoms with Crippen LogP contribution in [0.2, 0.25) is 0 Å². The number of carbonyl (C=O) groups excluding carboxylic acids is 1. The van der Waals surface area contributed by atoms with Gasteiger partial charge in [0.1, 0.15) is 0 Å². The Morgan fingerprint density at radius 2 is 1.84 bits per heavy atom. The van der Waals surface area contributed by atoms with E-state index < -0.39 is 0 Å². The average molecular weight is 600 g/mol. The monoisotopic (exact) mass is 600 g/mol. The Labute approximate surface area is 198 Å². The van der Waals surface area contributed by atoms with E-state index in [4.69, 9.17) is 11.7 Å². The third-order valence-corrected chi connectivity index (χ3v) is 4.79. The van der Waals surface area contributed by atoms with E-state index in [1.54, 1.807) is 6.20 Å². The number of fused-ring (bicyclic) bond motifs is 4. The van der Waals surface area contributed by atoms with Gasteiger partial charge in [-0.05, 0) is 53.5 Å². The fraction of sp³-hybridized carbons (Fsp3) is 0.0800. The molecule has 0 atom stereocenters. The summed E-state index contributed by atoms with van der Waals surface area (Å²) in [7, 11) is 0. The zero-order chi connectivity index (χ0) is 22.0. The molecule has 0 spiro atoms. The molecule has 5 aromatic rings. The fourth-order valence-corrected chi connectivity index (χ4v) is 3.60. The van der Waals surface area contributed by atoms with Crippen LogP contribution in [0, 0.1) is 6.57 Å². The van der Waals surface area contributed by atoms with Gasteiger partial charge in [-0.1, -0.05) is 48.7 Å². The van der Waals surface area contributed by atoms with Crippen molar-refractivity contribution in [2.24, 2.45) is 0 Å². The van der Waals surface area contributed by atoms with Crippen molar-refractivity contribution in [3.05, 3.63) is 90.2 Å². The van der Waals surface area contributed by atoms with Crippen molar-refractivity contribution in [2.75, 3.05) is 0 Å². The number of ketones is 1. The van der Waals surface area contributed by atoms with E-state index >= 15 is 0 Å².